The van der Waals surface area contributed by atoms with Crippen LogP contribution in [0, 0.1) is 11.6 Å². The molecule has 3 heteroatoms. The molecule has 0 saturated heterocycles. The van der Waals surface area contributed by atoms with Gasteiger partial charge in [-0.15, -0.1) is 0 Å². The van der Waals surface area contributed by atoms with E-state index in [9.17, 15) is 13.6 Å². The summed E-state index contributed by atoms with van der Waals surface area (Å²) in [6.45, 7) is 0. The highest BCUT2D eigenvalue weighted by atomic mass is 19.2. The van der Waals surface area contributed by atoms with Crippen LogP contribution in [0.15, 0.2) is 42.5 Å². The summed E-state index contributed by atoms with van der Waals surface area (Å²) in [5.74, 6) is -2.71. The van der Waals surface area contributed by atoms with Crippen LogP contribution in [0.3, 0.4) is 0 Å². The van der Waals surface area contributed by atoms with E-state index in [4.69, 9.17) is 0 Å². The first-order valence-electron chi connectivity index (χ1n) is 5.74. The number of Topliss-reactive ketones (excluding diaryl/α,β-unsaturated/α-hetero) is 1. The van der Waals surface area contributed by atoms with Crippen molar-refractivity contribution in [2.24, 2.45) is 0 Å². The first-order valence-corrected chi connectivity index (χ1v) is 5.74. The van der Waals surface area contributed by atoms with E-state index in [2.05, 4.69) is 0 Å². The van der Waals surface area contributed by atoms with Gasteiger partial charge in [0.15, 0.2) is 17.4 Å². The molecule has 1 unspecified atom stereocenters. The lowest BCUT2D eigenvalue weighted by Gasteiger charge is -2.28. The van der Waals surface area contributed by atoms with Gasteiger partial charge in [0.05, 0.1) is 11.5 Å². The molecule has 0 fully saturated rings. The fraction of sp³-hybridized carbons (Fsp3) is 0.133. The highest BCUT2D eigenvalue weighted by Crippen LogP contribution is 2.37. The molecule has 18 heavy (non-hydrogen) atoms. The van der Waals surface area contributed by atoms with Crippen molar-refractivity contribution >= 4 is 5.78 Å². The number of rotatable bonds is 2. The predicted octanol–water partition coefficient (Wildman–Crippen LogP) is 3.49. The Morgan fingerprint density at radius 3 is 2.61 bits per heavy atom. The summed E-state index contributed by atoms with van der Waals surface area (Å²) in [6, 6.07) is 11.3. The maximum atomic E-state index is 13.6. The SMILES string of the molecule is O=C(c1cccc(F)c1F)C1Cc2ccccc21. The molecule has 0 aliphatic heterocycles. The molecule has 0 saturated carbocycles. The second kappa shape index (κ2) is 4.02. The molecule has 0 radical (unpaired) electrons. The van der Waals surface area contributed by atoms with Crippen LogP contribution in [0.4, 0.5) is 8.78 Å². The summed E-state index contributed by atoms with van der Waals surface area (Å²) in [5.41, 5.74) is 1.87. The van der Waals surface area contributed by atoms with Crippen LogP contribution in [-0.4, -0.2) is 5.78 Å². The molecule has 2 aromatic rings. The van der Waals surface area contributed by atoms with Crippen molar-refractivity contribution in [1.82, 2.24) is 0 Å². The molecule has 0 spiro atoms. The average Bonchev–Trinajstić information content (AvgIpc) is 2.34. The van der Waals surface area contributed by atoms with Gasteiger partial charge in [0, 0.05) is 0 Å². The molecule has 0 heterocycles. The monoisotopic (exact) mass is 244 g/mol. The van der Waals surface area contributed by atoms with Gasteiger partial charge in [0.25, 0.3) is 0 Å². The van der Waals surface area contributed by atoms with Crippen LogP contribution < -0.4 is 0 Å². The van der Waals surface area contributed by atoms with Gasteiger partial charge in [0.2, 0.25) is 0 Å². The summed E-state index contributed by atoms with van der Waals surface area (Å²) in [6.07, 6.45) is 0.602. The van der Waals surface area contributed by atoms with Crippen molar-refractivity contribution < 1.29 is 13.6 Å². The molecule has 0 bridgehead atoms. The zero-order chi connectivity index (χ0) is 12.7. The molecular weight excluding hydrogens is 234 g/mol. The normalized spacial score (nSPS) is 16.9. The molecule has 0 amide bonds. The number of halogens is 2. The van der Waals surface area contributed by atoms with Gasteiger partial charge in [-0.05, 0) is 29.7 Å². The van der Waals surface area contributed by atoms with Crippen LogP contribution in [0.2, 0.25) is 0 Å². The predicted molar refractivity (Wildman–Crippen MR) is 63.6 cm³/mol. The number of carbonyl (C=O) groups excluding carboxylic acids is 1. The van der Waals surface area contributed by atoms with E-state index < -0.39 is 11.6 Å². The summed E-state index contributed by atoms with van der Waals surface area (Å²) in [5, 5.41) is 0. The Hall–Kier alpha value is -2.03. The minimum absolute atomic E-state index is 0.158. The molecule has 90 valence electrons. The number of hydrogen-bond donors (Lipinski definition) is 0. The van der Waals surface area contributed by atoms with Gasteiger partial charge < -0.3 is 0 Å². The lowest BCUT2D eigenvalue weighted by molar-refractivity contribution is 0.0944. The Labute approximate surface area is 103 Å². The van der Waals surface area contributed by atoms with Gasteiger partial charge in [-0.1, -0.05) is 30.3 Å². The van der Waals surface area contributed by atoms with Crippen LogP contribution in [-0.2, 0) is 6.42 Å². The number of ketones is 1. The summed E-state index contributed by atoms with van der Waals surface area (Å²) >= 11 is 0. The third-order valence-corrected chi connectivity index (χ3v) is 3.39. The second-order valence-corrected chi connectivity index (χ2v) is 4.42. The molecule has 1 nitrogen and oxygen atoms in total. The Kier molecular flexibility index (Phi) is 2.47. The van der Waals surface area contributed by atoms with Crippen molar-refractivity contribution in [2.75, 3.05) is 0 Å². The number of hydrogen-bond acceptors (Lipinski definition) is 1. The van der Waals surface area contributed by atoms with Crippen molar-refractivity contribution in [3.8, 4) is 0 Å². The molecule has 0 aromatic heterocycles. The first-order chi connectivity index (χ1) is 8.68. The van der Waals surface area contributed by atoms with Gasteiger partial charge >= 0.3 is 0 Å². The average molecular weight is 244 g/mol. The van der Waals surface area contributed by atoms with E-state index in [0.29, 0.717) is 6.42 Å². The van der Waals surface area contributed by atoms with Gasteiger partial charge in [-0.3, -0.25) is 4.79 Å². The fourth-order valence-corrected chi connectivity index (χ4v) is 2.37. The van der Waals surface area contributed by atoms with E-state index in [-0.39, 0.29) is 17.3 Å². The van der Waals surface area contributed by atoms with Crippen LogP contribution in [0.5, 0.6) is 0 Å². The first kappa shape index (κ1) is 11.1. The van der Waals surface area contributed by atoms with E-state index in [1.54, 1.807) is 0 Å². The number of benzene rings is 2. The molecule has 3 rings (SSSR count). The van der Waals surface area contributed by atoms with E-state index in [1.165, 1.54) is 12.1 Å². The Balaban J connectivity index is 1.96. The van der Waals surface area contributed by atoms with E-state index in [0.717, 1.165) is 17.2 Å². The Bertz CT molecular complexity index is 634. The maximum Gasteiger partial charge on any atom is 0.173 e. The quantitative estimate of drug-likeness (QED) is 0.739. The molecule has 0 N–H and O–H groups in total. The highest BCUT2D eigenvalue weighted by Gasteiger charge is 2.33. The highest BCUT2D eigenvalue weighted by molar-refractivity contribution is 6.02. The van der Waals surface area contributed by atoms with Crippen LogP contribution in [0.1, 0.15) is 27.4 Å². The lowest BCUT2D eigenvalue weighted by atomic mass is 9.74. The van der Waals surface area contributed by atoms with Crippen molar-refractivity contribution in [3.05, 3.63) is 70.8 Å². The second-order valence-electron chi connectivity index (χ2n) is 4.42. The van der Waals surface area contributed by atoms with Gasteiger partial charge in [-0.2, -0.15) is 0 Å². The lowest BCUT2D eigenvalue weighted by Crippen LogP contribution is -2.26. The number of carbonyl (C=O) groups is 1. The standard InChI is InChI=1S/C15H10F2O/c16-13-7-3-6-11(14(13)17)15(18)12-8-9-4-1-2-5-10(9)12/h1-7,12H,8H2. The van der Waals surface area contributed by atoms with Gasteiger partial charge in [-0.25, -0.2) is 8.78 Å². The van der Waals surface area contributed by atoms with Crippen LogP contribution >= 0.6 is 0 Å². The zero-order valence-corrected chi connectivity index (χ0v) is 9.49. The van der Waals surface area contributed by atoms with Crippen molar-refractivity contribution in [2.45, 2.75) is 12.3 Å². The minimum Gasteiger partial charge on any atom is -0.293 e. The van der Waals surface area contributed by atoms with Gasteiger partial charge in [0.1, 0.15) is 0 Å². The minimum atomic E-state index is -1.05. The molecule has 1 aliphatic rings. The molecule has 1 atom stereocenters. The van der Waals surface area contributed by atoms with E-state index in [1.807, 2.05) is 24.3 Å². The summed E-state index contributed by atoms with van der Waals surface area (Å²) in [7, 11) is 0. The molecular formula is C15H10F2O. The summed E-state index contributed by atoms with van der Waals surface area (Å²) in [4.78, 5) is 12.2. The summed E-state index contributed by atoms with van der Waals surface area (Å²) < 4.78 is 26.6. The molecule has 2 aromatic carbocycles. The third-order valence-electron chi connectivity index (χ3n) is 3.39. The van der Waals surface area contributed by atoms with Crippen LogP contribution in [0.25, 0.3) is 0 Å². The van der Waals surface area contributed by atoms with Crippen molar-refractivity contribution in [1.29, 1.82) is 0 Å². The maximum absolute atomic E-state index is 13.6. The fourth-order valence-electron chi connectivity index (χ4n) is 2.37. The largest absolute Gasteiger partial charge is 0.293 e. The van der Waals surface area contributed by atoms with E-state index >= 15 is 0 Å². The Morgan fingerprint density at radius 2 is 1.83 bits per heavy atom. The zero-order valence-electron chi connectivity index (χ0n) is 9.49. The van der Waals surface area contributed by atoms with Crippen molar-refractivity contribution in [3.63, 3.8) is 0 Å². The smallest absolute Gasteiger partial charge is 0.173 e. The third kappa shape index (κ3) is 1.55. The topological polar surface area (TPSA) is 17.1 Å². The molecule has 1 aliphatic carbocycles. The Morgan fingerprint density at radius 1 is 1.06 bits per heavy atom. The number of fused-ring (bicyclic) bond motifs is 1.